The molecule has 1 rings (SSSR count). The Kier molecular flexibility index (Phi) is 4.31. The molecule has 2 heteroatoms. The number of rotatable bonds is 6. The standard InChI is InChI=1S/C9H19NS/c1-8(7-11-2)10-6-5-9-3-4-9/h8-10H,3-7H2,1-2H3. The third-order valence-corrected chi connectivity index (χ3v) is 2.99. The molecule has 1 N–H and O–H groups in total. The number of hydrogen-bond acceptors (Lipinski definition) is 2. The Morgan fingerprint density at radius 1 is 1.55 bits per heavy atom. The van der Waals surface area contributed by atoms with Crippen molar-refractivity contribution >= 4 is 11.8 Å². The van der Waals surface area contributed by atoms with Gasteiger partial charge in [-0.2, -0.15) is 11.8 Å². The molecule has 1 fully saturated rings. The number of nitrogens with one attached hydrogen (secondary N) is 1. The van der Waals surface area contributed by atoms with Crippen LogP contribution in [0.15, 0.2) is 0 Å². The third-order valence-electron chi connectivity index (χ3n) is 2.16. The first-order chi connectivity index (χ1) is 5.33. The molecule has 0 bridgehead atoms. The highest BCUT2D eigenvalue weighted by Crippen LogP contribution is 2.31. The summed E-state index contributed by atoms with van der Waals surface area (Å²) in [6.07, 6.45) is 6.54. The molecule has 1 atom stereocenters. The second-order valence-electron chi connectivity index (χ2n) is 3.54. The normalized spacial score (nSPS) is 20.2. The molecule has 0 aromatic carbocycles. The van der Waals surface area contributed by atoms with E-state index in [0.717, 1.165) is 5.92 Å². The van der Waals surface area contributed by atoms with E-state index in [9.17, 15) is 0 Å². The van der Waals surface area contributed by atoms with Crippen LogP contribution < -0.4 is 5.32 Å². The first-order valence-electron chi connectivity index (χ1n) is 4.55. The lowest BCUT2D eigenvalue weighted by Crippen LogP contribution is -2.29. The summed E-state index contributed by atoms with van der Waals surface area (Å²) < 4.78 is 0. The second-order valence-corrected chi connectivity index (χ2v) is 4.45. The number of hydrogen-bond donors (Lipinski definition) is 1. The Morgan fingerprint density at radius 3 is 2.82 bits per heavy atom. The minimum Gasteiger partial charge on any atom is -0.313 e. The van der Waals surface area contributed by atoms with Gasteiger partial charge in [0, 0.05) is 11.8 Å². The van der Waals surface area contributed by atoms with Crippen molar-refractivity contribution in [3.63, 3.8) is 0 Å². The van der Waals surface area contributed by atoms with Crippen LogP contribution in [0.3, 0.4) is 0 Å². The van der Waals surface area contributed by atoms with Gasteiger partial charge in [0.05, 0.1) is 0 Å². The molecule has 0 heterocycles. The van der Waals surface area contributed by atoms with Gasteiger partial charge >= 0.3 is 0 Å². The fourth-order valence-corrected chi connectivity index (χ4v) is 1.87. The van der Waals surface area contributed by atoms with E-state index in [1.807, 2.05) is 11.8 Å². The van der Waals surface area contributed by atoms with Crippen LogP contribution in [-0.2, 0) is 0 Å². The zero-order valence-electron chi connectivity index (χ0n) is 7.60. The Hall–Kier alpha value is 0.310. The topological polar surface area (TPSA) is 12.0 Å². The van der Waals surface area contributed by atoms with Gasteiger partial charge in [-0.25, -0.2) is 0 Å². The summed E-state index contributed by atoms with van der Waals surface area (Å²) in [5, 5.41) is 3.53. The quantitative estimate of drug-likeness (QED) is 0.660. The van der Waals surface area contributed by atoms with E-state index in [0.29, 0.717) is 6.04 Å². The molecule has 1 unspecified atom stereocenters. The van der Waals surface area contributed by atoms with E-state index in [1.54, 1.807) is 0 Å². The van der Waals surface area contributed by atoms with Crippen LogP contribution in [0.1, 0.15) is 26.2 Å². The van der Waals surface area contributed by atoms with Gasteiger partial charge in [0.15, 0.2) is 0 Å². The van der Waals surface area contributed by atoms with Gasteiger partial charge in [0.1, 0.15) is 0 Å². The van der Waals surface area contributed by atoms with Crippen LogP contribution in [-0.4, -0.2) is 24.6 Å². The van der Waals surface area contributed by atoms with E-state index < -0.39 is 0 Å². The summed E-state index contributed by atoms with van der Waals surface area (Å²) in [5.74, 6) is 2.31. The van der Waals surface area contributed by atoms with Gasteiger partial charge in [-0.3, -0.25) is 0 Å². The second kappa shape index (κ2) is 5.04. The summed E-state index contributed by atoms with van der Waals surface area (Å²) in [5.41, 5.74) is 0. The lowest BCUT2D eigenvalue weighted by atomic mass is 10.3. The van der Waals surface area contributed by atoms with Crippen LogP contribution in [0, 0.1) is 5.92 Å². The third kappa shape index (κ3) is 4.70. The minimum absolute atomic E-state index is 0.698. The number of thioether (sulfide) groups is 1. The smallest absolute Gasteiger partial charge is 0.0129 e. The first kappa shape index (κ1) is 9.40. The van der Waals surface area contributed by atoms with Crippen molar-refractivity contribution in [2.75, 3.05) is 18.6 Å². The molecule has 0 aromatic heterocycles. The molecule has 0 amide bonds. The van der Waals surface area contributed by atoms with E-state index in [4.69, 9.17) is 0 Å². The summed E-state index contributed by atoms with van der Waals surface area (Å²) >= 11 is 1.92. The predicted octanol–water partition coefficient (Wildman–Crippen LogP) is 2.13. The molecule has 0 aromatic rings. The van der Waals surface area contributed by atoms with Crippen LogP contribution in [0.4, 0.5) is 0 Å². The fraction of sp³-hybridized carbons (Fsp3) is 1.00. The average Bonchev–Trinajstić information content (AvgIpc) is 2.72. The van der Waals surface area contributed by atoms with Crippen LogP contribution in [0.5, 0.6) is 0 Å². The van der Waals surface area contributed by atoms with E-state index >= 15 is 0 Å². The lowest BCUT2D eigenvalue weighted by molar-refractivity contribution is 0.555. The molecule has 0 saturated heterocycles. The van der Waals surface area contributed by atoms with Crippen LogP contribution in [0.2, 0.25) is 0 Å². The van der Waals surface area contributed by atoms with Crippen molar-refractivity contribution in [2.45, 2.75) is 32.2 Å². The van der Waals surface area contributed by atoms with Gasteiger partial charge < -0.3 is 5.32 Å². The largest absolute Gasteiger partial charge is 0.313 e. The summed E-state index contributed by atoms with van der Waals surface area (Å²) in [6, 6.07) is 0.698. The van der Waals surface area contributed by atoms with Crippen molar-refractivity contribution in [1.29, 1.82) is 0 Å². The molecule has 1 aliphatic carbocycles. The van der Waals surface area contributed by atoms with Crippen molar-refractivity contribution in [3.8, 4) is 0 Å². The van der Waals surface area contributed by atoms with Gasteiger partial charge in [-0.15, -0.1) is 0 Å². The SMILES string of the molecule is CSCC(C)NCCC1CC1. The molecule has 1 saturated carbocycles. The Morgan fingerprint density at radius 2 is 2.27 bits per heavy atom. The van der Waals surface area contributed by atoms with Crippen molar-refractivity contribution < 1.29 is 0 Å². The van der Waals surface area contributed by atoms with Crippen molar-refractivity contribution in [2.24, 2.45) is 5.92 Å². The van der Waals surface area contributed by atoms with Crippen molar-refractivity contribution in [3.05, 3.63) is 0 Å². The van der Waals surface area contributed by atoms with Gasteiger partial charge in [0.25, 0.3) is 0 Å². The average molecular weight is 173 g/mol. The van der Waals surface area contributed by atoms with Gasteiger partial charge in [0.2, 0.25) is 0 Å². The molecular weight excluding hydrogens is 154 g/mol. The van der Waals surface area contributed by atoms with E-state index in [1.165, 1.54) is 31.6 Å². The summed E-state index contributed by atoms with van der Waals surface area (Å²) in [4.78, 5) is 0. The maximum Gasteiger partial charge on any atom is 0.0129 e. The monoisotopic (exact) mass is 173 g/mol. The molecule has 1 aliphatic rings. The molecule has 1 nitrogen and oxygen atoms in total. The predicted molar refractivity (Wildman–Crippen MR) is 53.2 cm³/mol. The molecule has 0 radical (unpaired) electrons. The molecule has 11 heavy (non-hydrogen) atoms. The molecule has 66 valence electrons. The van der Waals surface area contributed by atoms with E-state index in [2.05, 4.69) is 18.5 Å². The van der Waals surface area contributed by atoms with Gasteiger partial charge in [-0.05, 0) is 32.1 Å². The Balaban J connectivity index is 1.84. The maximum absolute atomic E-state index is 3.53. The summed E-state index contributed by atoms with van der Waals surface area (Å²) in [6.45, 7) is 3.50. The van der Waals surface area contributed by atoms with Crippen LogP contribution in [0.25, 0.3) is 0 Å². The Bertz CT molecular complexity index is 102. The highest BCUT2D eigenvalue weighted by molar-refractivity contribution is 7.98. The zero-order chi connectivity index (χ0) is 8.10. The fourth-order valence-electron chi connectivity index (χ4n) is 1.25. The molecule has 0 spiro atoms. The molecular formula is C9H19NS. The molecule has 0 aliphatic heterocycles. The van der Waals surface area contributed by atoms with Crippen LogP contribution >= 0.6 is 11.8 Å². The maximum atomic E-state index is 3.53. The van der Waals surface area contributed by atoms with E-state index in [-0.39, 0.29) is 0 Å². The lowest BCUT2D eigenvalue weighted by Gasteiger charge is -2.11. The van der Waals surface area contributed by atoms with Gasteiger partial charge in [-0.1, -0.05) is 12.8 Å². The first-order valence-corrected chi connectivity index (χ1v) is 5.94. The summed E-state index contributed by atoms with van der Waals surface area (Å²) in [7, 11) is 0. The zero-order valence-corrected chi connectivity index (χ0v) is 8.41. The highest BCUT2D eigenvalue weighted by atomic mass is 32.2. The highest BCUT2D eigenvalue weighted by Gasteiger charge is 2.20. The van der Waals surface area contributed by atoms with Crippen molar-refractivity contribution in [1.82, 2.24) is 5.32 Å². The minimum atomic E-state index is 0.698. The Labute approximate surface area is 74.3 Å².